The Kier molecular flexibility index (Phi) is 14.4. The van der Waals surface area contributed by atoms with Crippen molar-refractivity contribution in [3.8, 4) is 0 Å². The van der Waals surface area contributed by atoms with E-state index in [1.807, 2.05) is 0 Å². The van der Waals surface area contributed by atoms with Crippen LogP contribution in [0.2, 0.25) is 0 Å². The number of carbonyl (C=O) groups is 3. The number of ether oxygens (including phenoxy) is 1. The van der Waals surface area contributed by atoms with Crippen LogP contribution in [-0.2, 0) is 50.7 Å². The monoisotopic (exact) mass is 848 g/mol. The normalized spacial score (nSPS) is 24.4. The molecule has 3 unspecified atom stereocenters. The Balaban J connectivity index is 1.24. The number of phosphoric acid groups is 3. The largest absolute Gasteiger partial charge is 0.481 e. The molecule has 8 atom stereocenters. The summed E-state index contributed by atoms with van der Waals surface area (Å²) in [6.45, 7) is 4.23. The molecule has 0 spiro atoms. The van der Waals surface area contributed by atoms with E-state index in [1.54, 1.807) is 0 Å². The molecular formula is C26H40N7O17P3S. The number of amides is 2. The Morgan fingerprint density at radius 2 is 1.78 bits per heavy atom. The molecule has 1 saturated heterocycles. The highest BCUT2D eigenvalue weighted by Crippen LogP contribution is 2.61. The minimum Gasteiger partial charge on any atom is -0.386 e. The van der Waals surface area contributed by atoms with Gasteiger partial charge in [0, 0.05) is 30.7 Å². The predicted octanol–water partition coefficient (Wildman–Crippen LogP) is -0.759. The van der Waals surface area contributed by atoms with Crippen LogP contribution in [-0.4, -0.2) is 123 Å². The second-order valence-corrected chi connectivity index (χ2v) is 18.0. The quantitative estimate of drug-likeness (QED) is 0.0342. The maximum atomic E-state index is 12.7. The SMILES string of the molecule is C=C1[13CH2]C1C(=O)SCCNC(=O)CCNC(=O)[C@H](O)C(C)(C)COP(=O)(O)OP(=O)(O)OC[C@H]1O[C@@H](n2cnc3c(N)ncnc32)[C@H](O)[C@@H]1OP(=O)(O)O. The van der Waals surface area contributed by atoms with Crippen LogP contribution in [0.4, 0.5) is 5.82 Å². The van der Waals surface area contributed by atoms with Crippen molar-refractivity contribution in [3.63, 3.8) is 0 Å². The van der Waals surface area contributed by atoms with Gasteiger partial charge < -0.3 is 50.9 Å². The molecule has 24 nitrogen and oxygen atoms in total. The molecule has 2 amide bonds. The third kappa shape index (κ3) is 12.1. The number of aliphatic hydroxyl groups excluding tert-OH is 2. The van der Waals surface area contributed by atoms with E-state index in [1.165, 1.54) is 13.8 Å². The van der Waals surface area contributed by atoms with Crippen molar-refractivity contribution in [3.05, 3.63) is 24.8 Å². The lowest BCUT2D eigenvalue weighted by Crippen LogP contribution is -2.46. The Hall–Kier alpha value is -2.70. The number of thioether (sulfide) groups is 1. The van der Waals surface area contributed by atoms with Crippen LogP contribution in [0.25, 0.3) is 11.2 Å². The Morgan fingerprint density at radius 1 is 1.11 bits per heavy atom. The summed E-state index contributed by atoms with van der Waals surface area (Å²) in [7, 11) is -16.4. The molecule has 10 N–H and O–H groups in total. The summed E-state index contributed by atoms with van der Waals surface area (Å²) in [5.74, 6) is -1.22. The molecule has 1 saturated carbocycles. The van der Waals surface area contributed by atoms with Gasteiger partial charge in [0.25, 0.3) is 0 Å². The molecular weight excluding hydrogens is 808 g/mol. The first-order chi connectivity index (χ1) is 25.0. The molecule has 2 aliphatic rings. The van der Waals surface area contributed by atoms with Gasteiger partial charge in [0.15, 0.2) is 22.8 Å². The van der Waals surface area contributed by atoms with Gasteiger partial charge in [0.05, 0.1) is 25.5 Å². The first-order valence-electron chi connectivity index (χ1n) is 15.7. The van der Waals surface area contributed by atoms with Gasteiger partial charge in [-0.25, -0.2) is 28.6 Å². The van der Waals surface area contributed by atoms with Crippen molar-refractivity contribution in [2.45, 2.75) is 57.3 Å². The topological polar surface area (TPSA) is 364 Å². The summed E-state index contributed by atoms with van der Waals surface area (Å²) in [4.78, 5) is 87.2. The van der Waals surface area contributed by atoms with Gasteiger partial charge in [-0.1, -0.05) is 37.8 Å². The standard InChI is InChI=1S/C26H40N7O17P3S/c1-13-8-14(13)25(38)54-7-6-28-16(34)4-5-29-23(37)20(36)26(2,3)10-47-53(44,45)50-52(42,43)46-9-15-19(49-51(39,40)41)18(35)24(48-15)33-12-32-17-21(27)30-11-31-22(17)33/h11-12,14-15,18-20,24,35-36H,1,4-10H2,2-3H3,(H,28,34)(H,29,37)(H,42,43)(H,44,45)(H2,27,30,31)(H2,39,40,41)/t14?,15-,18-,19-,20+,24-/m1/s1/i8+1. The van der Waals surface area contributed by atoms with Crippen LogP contribution in [0.5, 0.6) is 0 Å². The van der Waals surface area contributed by atoms with Crippen molar-refractivity contribution in [1.29, 1.82) is 0 Å². The minimum absolute atomic E-state index is 0.00817. The zero-order valence-corrected chi connectivity index (χ0v) is 32.1. The number of phosphoric ester groups is 3. The fourth-order valence-corrected chi connectivity index (χ4v) is 8.52. The molecule has 2 aromatic heterocycles. The van der Waals surface area contributed by atoms with Gasteiger partial charge in [-0.2, -0.15) is 4.31 Å². The molecule has 54 heavy (non-hydrogen) atoms. The number of aromatic nitrogens is 4. The molecule has 28 heteroatoms. The zero-order chi connectivity index (χ0) is 40.2. The van der Waals surface area contributed by atoms with Crippen LogP contribution >= 0.6 is 35.2 Å². The maximum Gasteiger partial charge on any atom is 0.481 e. The number of rotatable bonds is 20. The van der Waals surface area contributed by atoms with Gasteiger partial charge in [-0.3, -0.25) is 32.5 Å². The van der Waals surface area contributed by atoms with Crippen LogP contribution in [0, 0.1) is 11.3 Å². The fraction of sp³-hybridized carbons (Fsp3) is 0.615. The van der Waals surface area contributed by atoms with Crippen molar-refractivity contribution in [2.75, 3.05) is 37.8 Å². The van der Waals surface area contributed by atoms with Crippen molar-refractivity contribution in [2.24, 2.45) is 11.3 Å². The second kappa shape index (κ2) is 17.6. The van der Waals surface area contributed by atoms with Crippen LogP contribution in [0.1, 0.15) is 32.9 Å². The number of anilines is 1. The van der Waals surface area contributed by atoms with Crippen LogP contribution < -0.4 is 16.4 Å². The lowest BCUT2D eigenvalue weighted by atomic mass is 9.87. The summed E-state index contributed by atoms with van der Waals surface area (Å²) in [6.07, 6.45) is -6.23. The maximum absolute atomic E-state index is 12.7. The lowest BCUT2D eigenvalue weighted by Gasteiger charge is -2.30. The highest BCUT2D eigenvalue weighted by molar-refractivity contribution is 8.13. The molecule has 4 rings (SSSR count). The molecule has 3 heterocycles. The molecule has 2 aromatic rings. The fourth-order valence-electron chi connectivity index (χ4n) is 4.84. The number of nitrogens with two attached hydrogens (primary N) is 1. The smallest absolute Gasteiger partial charge is 0.386 e. The molecule has 2 fully saturated rings. The highest BCUT2D eigenvalue weighted by Gasteiger charge is 2.50. The number of fused-ring (bicyclic) bond motifs is 1. The molecule has 0 aromatic carbocycles. The van der Waals surface area contributed by atoms with Crippen molar-refractivity contribution in [1.82, 2.24) is 30.2 Å². The van der Waals surface area contributed by atoms with Crippen LogP contribution in [0.3, 0.4) is 0 Å². The van der Waals surface area contributed by atoms with Gasteiger partial charge >= 0.3 is 23.5 Å². The van der Waals surface area contributed by atoms with E-state index < -0.39 is 84.6 Å². The van der Waals surface area contributed by atoms with Gasteiger partial charge in [0.2, 0.25) is 11.8 Å². The summed E-state index contributed by atoms with van der Waals surface area (Å²) in [5, 5.41) is 26.3. The van der Waals surface area contributed by atoms with Gasteiger partial charge in [0.1, 0.15) is 36.3 Å². The lowest BCUT2D eigenvalue weighted by molar-refractivity contribution is -0.137. The second-order valence-electron chi connectivity index (χ2n) is 12.7. The molecule has 1 aliphatic carbocycles. The van der Waals surface area contributed by atoms with Gasteiger partial charge in [-0.05, 0) is 6.42 Å². The number of hydrogen-bond donors (Lipinski definition) is 9. The van der Waals surface area contributed by atoms with Gasteiger partial charge in [-0.15, -0.1) is 0 Å². The molecule has 302 valence electrons. The van der Waals surface area contributed by atoms with Crippen molar-refractivity contribution >= 4 is 69.1 Å². The number of carbonyl (C=O) groups excluding carboxylic acids is 3. The Labute approximate surface area is 310 Å². The zero-order valence-electron chi connectivity index (χ0n) is 28.6. The van der Waals surface area contributed by atoms with E-state index in [2.05, 4.69) is 41.0 Å². The number of hydrogen-bond acceptors (Lipinski definition) is 18. The average Bonchev–Trinajstić information content (AvgIpc) is 3.52. The van der Waals surface area contributed by atoms with E-state index >= 15 is 0 Å². The van der Waals surface area contributed by atoms with Crippen LogP contribution in [0.15, 0.2) is 24.8 Å². The summed E-state index contributed by atoms with van der Waals surface area (Å²) >= 11 is 1.08. The minimum atomic E-state index is -5.56. The van der Waals surface area contributed by atoms with E-state index in [9.17, 15) is 57.9 Å². The van der Waals surface area contributed by atoms with Crippen molar-refractivity contribution < 1.29 is 80.5 Å². The summed E-state index contributed by atoms with van der Waals surface area (Å²) in [6, 6.07) is 0. The number of nitrogens with zero attached hydrogens (tertiary/aromatic N) is 4. The van der Waals surface area contributed by atoms with E-state index in [0.717, 1.165) is 34.6 Å². The first kappa shape index (κ1) is 44.0. The molecule has 0 bridgehead atoms. The number of imidazole rings is 1. The first-order valence-corrected chi connectivity index (χ1v) is 21.2. The number of nitrogen functional groups attached to an aromatic ring is 1. The Bertz CT molecular complexity index is 1880. The molecule has 1 aliphatic heterocycles. The number of nitrogens with one attached hydrogen (secondary N) is 2. The summed E-state index contributed by atoms with van der Waals surface area (Å²) < 4.78 is 62.0. The Morgan fingerprint density at radius 3 is 2.43 bits per heavy atom. The third-order valence-electron chi connectivity index (χ3n) is 7.83. The van der Waals surface area contributed by atoms with E-state index in [-0.39, 0.29) is 47.5 Å². The number of allylic oxidation sites excluding steroid dienone is 1. The number of aliphatic hydroxyl groups is 2. The van der Waals surface area contributed by atoms with E-state index in [0.29, 0.717) is 12.2 Å². The highest BCUT2D eigenvalue weighted by atomic mass is 32.2. The average molecular weight is 849 g/mol. The third-order valence-corrected chi connectivity index (χ3v) is 11.9. The summed E-state index contributed by atoms with van der Waals surface area (Å²) in [5.41, 5.74) is 5.14. The van der Waals surface area contributed by atoms with E-state index in [4.69, 9.17) is 19.5 Å². The predicted molar refractivity (Wildman–Crippen MR) is 184 cm³/mol. The molecule has 0 radical (unpaired) electrons.